The maximum atomic E-state index is 12.7. The third kappa shape index (κ3) is 3.53. The van der Waals surface area contributed by atoms with Gasteiger partial charge in [-0.1, -0.05) is 18.2 Å². The number of hydrogen-bond acceptors (Lipinski definition) is 5. The van der Waals surface area contributed by atoms with E-state index in [4.69, 9.17) is 9.47 Å². The second-order valence-electron chi connectivity index (χ2n) is 7.71. The number of amides is 2. The summed E-state index contributed by atoms with van der Waals surface area (Å²) in [6.07, 6.45) is 1.73. The van der Waals surface area contributed by atoms with Crippen molar-refractivity contribution in [1.82, 2.24) is 9.80 Å². The molecule has 150 valence electrons. The van der Waals surface area contributed by atoms with Gasteiger partial charge in [-0.25, -0.2) is 4.79 Å². The van der Waals surface area contributed by atoms with E-state index < -0.39 is 0 Å². The largest absolute Gasteiger partial charge is 0.454 e. The smallest absolute Gasteiger partial charge is 0.322 e. The first-order valence-electron chi connectivity index (χ1n) is 9.98. The first kappa shape index (κ1) is 18.0. The molecule has 29 heavy (non-hydrogen) atoms. The first-order chi connectivity index (χ1) is 14.2. The number of carbonyl (C=O) groups is 2. The van der Waals surface area contributed by atoms with Crippen LogP contribution in [0.2, 0.25) is 0 Å². The molecule has 3 aliphatic heterocycles. The summed E-state index contributed by atoms with van der Waals surface area (Å²) in [5.74, 6) is 1.39. The summed E-state index contributed by atoms with van der Waals surface area (Å²) in [4.78, 5) is 29.3. The normalized spacial score (nSPS) is 19.0. The molecule has 2 aromatic carbocycles. The van der Waals surface area contributed by atoms with E-state index in [-0.39, 0.29) is 24.6 Å². The monoisotopic (exact) mass is 393 g/mol. The van der Waals surface area contributed by atoms with Gasteiger partial charge in [0.2, 0.25) is 6.79 Å². The minimum atomic E-state index is -0.0291. The summed E-state index contributed by atoms with van der Waals surface area (Å²) in [6, 6.07) is 13.4. The highest BCUT2D eigenvalue weighted by Gasteiger charge is 2.32. The molecule has 0 saturated carbocycles. The van der Waals surface area contributed by atoms with Crippen LogP contribution in [-0.2, 0) is 6.54 Å². The van der Waals surface area contributed by atoms with Crippen molar-refractivity contribution in [3.8, 4) is 11.5 Å². The molecule has 1 saturated heterocycles. The van der Waals surface area contributed by atoms with Crippen LogP contribution in [0.5, 0.6) is 11.5 Å². The lowest BCUT2D eigenvalue weighted by molar-refractivity contribution is 0.0853. The molecule has 1 N–H and O–H groups in total. The number of ether oxygens (including phenoxy) is 2. The zero-order valence-corrected chi connectivity index (χ0v) is 16.1. The molecule has 0 aliphatic carbocycles. The molecule has 0 aromatic heterocycles. The molecule has 5 rings (SSSR count). The van der Waals surface area contributed by atoms with E-state index in [2.05, 4.69) is 16.3 Å². The van der Waals surface area contributed by atoms with Crippen molar-refractivity contribution in [2.75, 3.05) is 31.7 Å². The van der Waals surface area contributed by atoms with E-state index in [1.54, 1.807) is 18.2 Å². The Labute approximate surface area is 169 Å². The number of Topliss-reactive ketones (excluding diaryl/α,β-unsaturated/α-hetero) is 1. The van der Waals surface area contributed by atoms with Crippen LogP contribution >= 0.6 is 0 Å². The molecule has 3 heterocycles. The fraction of sp³-hybridized carbons (Fsp3) is 0.364. The van der Waals surface area contributed by atoms with Crippen molar-refractivity contribution < 1.29 is 19.1 Å². The topological polar surface area (TPSA) is 71.1 Å². The highest BCUT2D eigenvalue weighted by Crippen LogP contribution is 2.33. The minimum absolute atomic E-state index is 0.0291. The standard InChI is InChI=1S/C22H23N3O4/c26-19(15-5-6-20-21(11-15)29-14-28-20)13-24-9-7-17(8-10-24)25-12-16-3-1-2-4-18(16)23-22(25)27/h1-6,11,17H,7-10,12-14H2,(H,23,27). The van der Waals surface area contributed by atoms with Gasteiger partial charge in [-0.05, 0) is 42.7 Å². The van der Waals surface area contributed by atoms with Crippen molar-refractivity contribution in [1.29, 1.82) is 0 Å². The molecule has 3 aliphatic rings. The van der Waals surface area contributed by atoms with Crippen molar-refractivity contribution in [2.24, 2.45) is 0 Å². The number of nitrogens with one attached hydrogen (secondary N) is 1. The van der Waals surface area contributed by atoms with Crippen molar-refractivity contribution >= 4 is 17.5 Å². The van der Waals surface area contributed by atoms with Crippen molar-refractivity contribution in [2.45, 2.75) is 25.4 Å². The molecule has 2 amide bonds. The van der Waals surface area contributed by atoms with Crippen LogP contribution in [0.3, 0.4) is 0 Å². The van der Waals surface area contributed by atoms with E-state index in [9.17, 15) is 9.59 Å². The second kappa shape index (κ2) is 7.40. The molecular weight excluding hydrogens is 370 g/mol. The van der Waals surface area contributed by atoms with Gasteiger partial charge in [0.05, 0.1) is 6.54 Å². The quantitative estimate of drug-likeness (QED) is 0.809. The Morgan fingerprint density at radius 3 is 2.72 bits per heavy atom. The van der Waals surface area contributed by atoms with E-state index in [1.165, 1.54) is 0 Å². The Kier molecular flexibility index (Phi) is 4.60. The van der Waals surface area contributed by atoms with E-state index in [0.717, 1.165) is 37.2 Å². The zero-order chi connectivity index (χ0) is 19.8. The van der Waals surface area contributed by atoms with Gasteiger partial charge in [-0.15, -0.1) is 0 Å². The summed E-state index contributed by atoms with van der Waals surface area (Å²) < 4.78 is 10.7. The Morgan fingerprint density at radius 1 is 1.07 bits per heavy atom. The third-order valence-corrected chi connectivity index (χ3v) is 5.92. The summed E-state index contributed by atoms with van der Waals surface area (Å²) in [5.41, 5.74) is 2.69. The molecule has 0 bridgehead atoms. The number of nitrogens with zero attached hydrogens (tertiary/aromatic N) is 2. The number of urea groups is 1. The number of hydrogen-bond donors (Lipinski definition) is 1. The maximum absolute atomic E-state index is 12.7. The number of carbonyl (C=O) groups excluding carboxylic acids is 2. The number of anilines is 1. The Balaban J connectivity index is 1.18. The van der Waals surface area contributed by atoms with Gasteiger partial charge in [0, 0.05) is 36.9 Å². The summed E-state index contributed by atoms with van der Waals surface area (Å²) in [5, 5.41) is 2.99. The number of piperidine rings is 1. The number of para-hydroxylation sites is 1. The fourth-order valence-corrected chi connectivity index (χ4v) is 4.27. The number of rotatable bonds is 4. The molecular formula is C22H23N3O4. The van der Waals surface area contributed by atoms with Crippen LogP contribution < -0.4 is 14.8 Å². The number of likely N-dealkylation sites (tertiary alicyclic amines) is 1. The third-order valence-electron chi connectivity index (χ3n) is 5.92. The average Bonchev–Trinajstić information content (AvgIpc) is 3.22. The highest BCUT2D eigenvalue weighted by molar-refractivity contribution is 5.98. The van der Waals surface area contributed by atoms with E-state index >= 15 is 0 Å². The Hall–Kier alpha value is -3.06. The molecule has 0 spiro atoms. The lowest BCUT2D eigenvalue weighted by atomic mass is 10.00. The molecule has 0 radical (unpaired) electrons. The molecule has 0 atom stereocenters. The van der Waals surface area contributed by atoms with Crippen LogP contribution in [0, 0.1) is 0 Å². The van der Waals surface area contributed by atoms with Crippen molar-refractivity contribution in [3.63, 3.8) is 0 Å². The number of ketones is 1. The molecule has 7 heteroatoms. The Morgan fingerprint density at radius 2 is 1.86 bits per heavy atom. The lowest BCUT2D eigenvalue weighted by Crippen LogP contribution is -2.50. The predicted molar refractivity (Wildman–Crippen MR) is 107 cm³/mol. The SMILES string of the molecule is O=C(CN1CCC(N2Cc3ccccc3NC2=O)CC1)c1ccc2c(c1)OCO2. The van der Waals surface area contributed by atoms with Crippen LogP contribution in [-0.4, -0.2) is 54.1 Å². The summed E-state index contributed by atoms with van der Waals surface area (Å²) >= 11 is 0. The zero-order valence-electron chi connectivity index (χ0n) is 16.1. The first-order valence-corrected chi connectivity index (χ1v) is 9.98. The van der Waals surface area contributed by atoms with Gasteiger partial charge in [-0.2, -0.15) is 0 Å². The fourth-order valence-electron chi connectivity index (χ4n) is 4.27. The van der Waals surface area contributed by atoms with Crippen molar-refractivity contribution in [3.05, 3.63) is 53.6 Å². The van der Waals surface area contributed by atoms with Crippen LogP contribution in [0.4, 0.5) is 10.5 Å². The van der Waals surface area contributed by atoms with Gasteiger partial charge >= 0.3 is 6.03 Å². The highest BCUT2D eigenvalue weighted by atomic mass is 16.7. The second-order valence-corrected chi connectivity index (χ2v) is 7.71. The van der Waals surface area contributed by atoms with Gasteiger partial charge in [0.25, 0.3) is 0 Å². The van der Waals surface area contributed by atoms with E-state index in [0.29, 0.717) is 30.2 Å². The Bertz CT molecular complexity index is 953. The molecule has 1 fully saturated rings. The number of benzene rings is 2. The van der Waals surface area contributed by atoms with Gasteiger partial charge < -0.3 is 19.7 Å². The van der Waals surface area contributed by atoms with Gasteiger partial charge in [-0.3, -0.25) is 9.69 Å². The number of fused-ring (bicyclic) bond motifs is 2. The predicted octanol–water partition coefficient (Wildman–Crippen LogP) is 3.11. The average molecular weight is 393 g/mol. The maximum Gasteiger partial charge on any atom is 0.322 e. The van der Waals surface area contributed by atoms with Gasteiger partial charge in [0.15, 0.2) is 17.3 Å². The van der Waals surface area contributed by atoms with Crippen LogP contribution in [0.15, 0.2) is 42.5 Å². The minimum Gasteiger partial charge on any atom is -0.454 e. The molecule has 2 aromatic rings. The lowest BCUT2D eigenvalue weighted by Gasteiger charge is -2.40. The van der Waals surface area contributed by atoms with Gasteiger partial charge in [0.1, 0.15) is 0 Å². The van der Waals surface area contributed by atoms with Crippen LogP contribution in [0.25, 0.3) is 0 Å². The molecule has 0 unspecified atom stereocenters. The molecule has 7 nitrogen and oxygen atoms in total. The summed E-state index contributed by atoms with van der Waals surface area (Å²) in [7, 11) is 0. The summed E-state index contributed by atoms with van der Waals surface area (Å²) in [6.45, 7) is 2.82. The van der Waals surface area contributed by atoms with E-state index in [1.807, 2.05) is 23.1 Å². The van der Waals surface area contributed by atoms with Crippen LogP contribution in [0.1, 0.15) is 28.8 Å².